The average molecular weight is 347 g/mol. The van der Waals surface area contributed by atoms with Gasteiger partial charge in [0, 0.05) is 18.7 Å². The number of nitrogens with one attached hydrogen (secondary N) is 2. The zero-order valence-corrected chi connectivity index (χ0v) is 14.8. The molecule has 1 aromatic heterocycles. The maximum atomic E-state index is 12.3. The Balaban J connectivity index is 1.93. The molecule has 0 aliphatic heterocycles. The van der Waals surface area contributed by atoms with Crippen LogP contribution >= 0.6 is 0 Å². The van der Waals surface area contributed by atoms with Crippen molar-refractivity contribution in [2.75, 3.05) is 11.9 Å². The van der Waals surface area contributed by atoms with Gasteiger partial charge in [0.2, 0.25) is 15.9 Å². The molecule has 2 rings (SSSR count). The van der Waals surface area contributed by atoms with E-state index in [1.165, 1.54) is 0 Å². The molecule has 1 aromatic carbocycles. The summed E-state index contributed by atoms with van der Waals surface area (Å²) in [5, 5.41) is 2.64. The Labute approximate surface area is 142 Å². The summed E-state index contributed by atoms with van der Waals surface area (Å²) in [6.45, 7) is 5.42. The predicted octanol–water partition coefficient (Wildman–Crippen LogP) is 2.31. The summed E-state index contributed by atoms with van der Waals surface area (Å²) in [7, 11) is -3.63. The van der Waals surface area contributed by atoms with E-state index in [-0.39, 0.29) is 23.8 Å². The molecule has 6 nitrogen and oxygen atoms in total. The number of aryl methyl sites for hydroxylation is 3. The number of pyridine rings is 1. The van der Waals surface area contributed by atoms with Crippen LogP contribution < -0.4 is 10.0 Å². The van der Waals surface area contributed by atoms with E-state index in [1.807, 2.05) is 26.0 Å². The van der Waals surface area contributed by atoms with Gasteiger partial charge in [-0.2, -0.15) is 0 Å². The fourth-order valence-electron chi connectivity index (χ4n) is 2.19. The van der Waals surface area contributed by atoms with Gasteiger partial charge in [0.05, 0.1) is 4.90 Å². The summed E-state index contributed by atoms with van der Waals surface area (Å²) in [4.78, 5) is 16.3. The minimum Gasteiger partial charge on any atom is -0.311 e. The first-order valence-electron chi connectivity index (χ1n) is 7.58. The van der Waals surface area contributed by atoms with Crippen molar-refractivity contribution in [2.45, 2.75) is 32.1 Å². The lowest BCUT2D eigenvalue weighted by Gasteiger charge is -2.10. The summed E-state index contributed by atoms with van der Waals surface area (Å²) in [5.41, 5.74) is 2.33. The van der Waals surface area contributed by atoms with Crippen molar-refractivity contribution >= 4 is 21.7 Å². The number of aromatic nitrogens is 1. The SMILES string of the molecule is Cc1ccc(C)c(S(=O)(=O)NCCC(=O)Nc2cccc(C)n2)c1. The number of amides is 1. The van der Waals surface area contributed by atoms with E-state index in [4.69, 9.17) is 0 Å². The monoisotopic (exact) mass is 347 g/mol. The summed E-state index contributed by atoms with van der Waals surface area (Å²) in [5.74, 6) is 0.161. The van der Waals surface area contributed by atoms with Gasteiger partial charge in [-0.05, 0) is 50.1 Å². The summed E-state index contributed by atoms with van der Waals surface area (Å²) in [6, 6.07) is 10.5. The van der Waals surface area contributed by atoms with E-state index in [0.29, 0.717) is 11.4 Å². The number of carbonyl (C=O) groups excluding carboxylic acids is 1. The van der Waals surface area contributed by atoms with Gasteiger partial charge in [-0.3, -0.25) is 4.79 Å². The zero-order valence-electron chi connectivity index (χ0n) is 14.0. The lowest BCUT2D eigenvalue weighted by molar-refractivity contribution is -0.116. The topological polar surface area (TPSA) is 88.2 Å². The molecule has 1 heterocycles. The van der Waals surface area contributed by atoms with E-state index >= 15 is 0 Å². The molecule has 0 saturated carbocycles. The minimum atomic E-state index is -3.63. The van der Waals surface area contributed by atoms with Crippen LogP contribution in [0.25, 0.3) is 0 Å². The molecule has 7 heteroatoms. The van der Waals surface area contributed by atoms with Crippen LogP contribution in [-0.4, -0.2) is 25.9 Å². The fraction of sp³-hybridized carbons (Fsp3) is 0.294. The second-order valence-corrected chi connectivity index (χ2v) is 7.36. The van der Waals surface area contributed by atoms with E-state index in [9.17, 15) is 13.2 Å². The van der Waals surface area contributed by atoms with Crippen molar-refractivity contribution in [3.8, 4) is 0 Å². The maximum absolute atomic E-state index is 12.3. The summed E-state index contributed by atoms with van der Waals surface area (Å²) < 4.78 is 27.1. The first-order valence-corrected chi connectivity index (χ1v) is 9.07. The van der Waals surface area contributed by atoms with Gasteiger partial charge in [-0.1, -0.05) is 18.2 Å². The van der Waals surface area contributed by atoms with Gasteiger partial charge < -0.3 is 5.32 Å². The number of hydrogen-bond donors (Lipinski definition) is 2. The second-order valence-electron chi connectivity index (χ2n) is 5.63. The highest BCUT2D eigenvalue weighted by molar-refractivity contribution is 7.89. The number of anilines is 1. The molecular weight excluding hydrogens is 326 g/mol. The molecule has 1 amide bonds. The molecule has 0 unspecified atom stereocenters. The number of nitrogens with zero attached hydrogens (tertiary/aromatic N) is 1. The number of carbonyl (C=O) groups is 1. The molecular formula is C17H21N3O3S. The van der Waals surface area contributed by atoms with Gasteiger partial charge in [0.15, 0.2) is 0 Å². The van der Waals surface area contributed by atoms with E-state index < -0.39 is 10.0 Å². The van der Waals surface area contributed by atoms with Crippen molar-refractivity contribution in [2.24, 2.45) is 0 Å². The average Bonchev–Trinajstić information content (AvgIpc) is 2.49. The molecule has 0 spiro atoms. The Hall–Kier alpha value is -2.25. The zero-order chi connectivity index (χ0) is 17.7. The molecule has 0 aliphatic rings. The van der Waals surface area contributed by atoms with Gasteiger partial charge in [0.25, 0.3) is 0 Å². The minimum absolute atomic E-state index is 0.0212. The third-order valence-electron chi connectivity index (χ3n) is 3.43. The van der Waals surface area contributed by atoms with Gasteiger partial charge in [-0.15, -0.1) is 0 Å². The van der Waals surface area contributed by atoms with Crippen molar-refractivity contribution in [3.05, 3.63) is 53.2 Å². The fourth-order valence-corrected chi connectivity index (χ4v) is 3.55. The van der Waals surface area contributed by atoms with E-state index in [2.05, 4.69) is 15.0 Å². The highest BCUT2D eigenvalue weighted by Gasteiger charge is 2.17. The van der Waals surface area contributed by atoms with Crippen molar-refractivity contribution < 1.29 is 13.2 Å². The van der Waals surface area contributed by atoms with Crippen LogP contribution in [0, 0.1) is 20.8 Å². The third kappa shape index (κ3) is 4.87. The van der Waals surface area contributed by atoms with Crippen LogP contribution in [0.15, 0.2) is 41.3 Å². The molecule has 0 aliphatic carbocycles. The molecule has 128 valence electrons. The van der Waals surface area contributed by atoms with Crippen LogP contribution in [0.1, 0.15) is 23.2 Å². The molecule has 0 bridgehead atoms. The standard InChI is InChI=1S/C17H21N3O3S/c1-12-7-8-13(2)15(11-12)24(22,23)18-10-9-17(21)20-16-6-4-5-14(3)19-16/h4-8,11,18H,9-10H2,1-3H3,(H,19,20,21). The number of rotatable bonds is 6. The number of sulfonamides is 1. The molecule has 24 heavy (non-hydrogen) atoms. The van der Waals surface area contributed by atoms with Crippen LogP contribution in [0.4, 0.5) is 5.82 Å². The van der Waals surface area contributed by atoms with Crippen LogP contribution in [0.5, 0.6) is 0 Å². The van der Waals surface area contributed by atoms with Gasteiger partial charge >= 0.3 is 0 Å². The highest BCUT2D eigenvalue weighted by Crippen LogP contribution is 2.16. The van der Waals surface area contributed by atoms with Crippen molar-refractivity contribution in [1.29, 1.82) is 0 Å². The predicted molar refractivity (Wildman–Crippen MR) is 93.3 cm³/mol. The quantitative estimate of drug-likeness (QED) is 0.839. The first-order chi connectivity index (χ1) is 11.3. The lowest BCUT2D eigenvalue weighted by atomic mass is 10.2. The molecule has 0 fully saturated rings. The Morgan fingerprint density at radius 3 is 2.58 bits per heavy atom. The lowest BCUT2D eigenvalue weighted by Crippen LogP contribution is -2.28. The first kappa shape index (κ1) is 18.1. The number of hydrogen-bond acceptors (Lipinski definition) is 4. The summed E-state index contributed by atoms with van der Waals surface area (Å²) in [6.07, 6.45) is 0.0275. The highest BCUT2D eigenvalue weighted by atomic mass is 32.2. The second kappa shape index (κ2) is 7.55. The molecule has 2 N–H and O–H groups in total. The van der Waals surface area contributed by atoms with Crippen molar-refractivity contribution in [1.82, 2.24) is 9.71 Å². The van der Waals surface area contributed by atoms with Gasteiger partial charge in [-0.25, -0.2) is 18.1 Å². The van der Waals surface area contributed by atoms with E-state index in [1.54, 1.807) is 31.2 Å². The Morgan fingerprint density at radius 1 is 1.12 bits per heavy atom. The van der Waals surface area contributed by atoms with Crippen molar-refractivity contribution in [3.63, 3.8) is 0 Å². The largest absolute Gasteiger partial charge is 0.311 e. The molecule has 2 aromatic rings. The van der Waals surface area contributed by atoms with Gasteiger partial charge in [0.1, 0.15) is 5.82 Å². The Morgan fingerprint density at radius 2 is 1.88 bits per heavy atom. The molecule has 0 saturated heterocycles. The Kier molecular flexibility index (Phi) is 5.69. The summed E-state index contributed by atoms with van der Waals surface area (Å²) >= 11 is 0. The smallest absolute Gasteiger partial charge is 0.240 e. The van der Waals surface area contributed by atoms with Crippen LogP contribution in [0.2, 0.25) is 0 Å². The van der Waals surface area contributed by atoms with Crippen LogP contribution in [-0.2, 0) is 14.8 Å². The maximum Gasteiger partial charge on any atom is 0.240 e. The molecule has 0 atom stereocenters. The third-order valence-corrected chi connectivity index (χ3v) is 5.04. The van der Waals surface area contributed by atoms with E-state index in [0.717, 1.165) is 11.3 Å². The molecule has 0 radical (unpaired) electrons. The van der Waals surface area contributed by atoms with Crippen LogP contribution in [0.3, 0.4) is 0 Å². The Bertz CT molecular complexity index is 848. The number of benzene rings is 1. The normalized spacial score (nSPS) is 11.3.